The number of rotatable bonds is 10. The highest BCUT2D eigenvalue weighted by Crippen LogP contribution is 2.19. The Bertz CT molecular complexity index is 1100. The molecule has 0 spiro atoms. The highest BCUT2D eigenvalue weighted by atomic mass is 16.5. The molecule has 5 heteroatoms. The molecule has 0 aliphatic carbocycles. The number of hydrogen-bond donors (Lipinski definition) is 1. The molecule has 0 aromatic heterocycles. The third kappa shape index (κ3) is 7.20. The molecule has 0 radical (unpaired) electrons. The predicted molar refractivity (Wildman–Crippen MR) is 136 cm³/mol. The minimum atomic E-state index is -0.668. The van der Waals surface area contributed by atoms with Crippen LogP contribution < -0.4 is 10.1 Å². The third-order valence-corrected chi connectivity index (χ3v) is 5.58. The first kappa shape index (κ1) is 25.0. The summed E-state index contributed by atoms with van der Waals surface area (Å²) >= 11 is 0. The van der Waals surface area contributed by atoms with Crippen LogP contribution in [-0.2, 0) is 22.6 Å². The van der Waals surface area contributed by atoms with E-state index in [4.69, 9.17) is 4.74 Å². The molecule has 34 heavy (non-hydrogen) atoms. The number of nitrogens with zero attached hydrogens (tertiary/aromatic N) is 1. The Morgan fingerprint density at radius 3 is 2.24 bits per heavy atom. The number of ether oxygens (including phenoxy) is 1. The first-order valence-corrected chi connectivity index (χ1v) is 11.7. The molecule has 178 valence electrons. The van der Waals surface area contributed by atoms with Crippen molar-refractivity contribution in [2.24, 2.45) is 0 Å². The van der Waals surface area contributed by atoms with Gasteiger partial charge in [-0.25, -0.2) is 0 Å². The molecule has 1 atom stereocenters. The fourth-order valence-electron chi connectivity index (χ4n) is 3.88. The zero-order valence-electron chi connectivity index (χ0n) is 20.5. The normalized spacial score (nSPS) is 11.7. The van der Waals surface area contributed by atoms with Gasteiger partial charge in [-0.2, -0.15) is 0 Å². The van der Waals surface area contributed by atoms with Crippen LogP contribution in [-0.4, -0.2) is 35.4 Å². The number of para-hydroxylation sites is 1. The van der Waals surface area contributed by atoms with Gasteiger partial charge in [-0.05, 0) is 50.5 Å². The van der Waals surface area contributed by atoms with E-state index in [1.54, 1.807) is 4.90 Å². The summed E-state index contributed by atoms with van der Waals surface area (Å²) in [5.74, 6) is 0.262. The molecule has 0 saturated heterocycles. The van der Waals surface area contributed by atoms with Crippen LogP contribution in [0.1, 0.15) is 36.1 Å². The van der Waals surface area contributed by atoms with E-state index >= 15 is 0 Å². The average Bonchev–Trinajstić information content (AvgIpc) is 2.81. The fraction of sp³-hybridized carbons (Fsp3) is 0.310. The van der Waals surface area contributed by atoms with Gasteiger partial charge in [0.15, 0.2) is 6.61 Å². The van der Waals surface area contributed by atoms with E-state index in [0.29, 0.717) is 18.7 Å². The Labute approximate surface area is 202 Å². The number of carbonyl (C=O) groups excluding carboxylic acids is 2. The molecule has 0 bridgehead atoms. The first-order valence-electron chi connectivity index (χ1n) is 11.7. The van der Waals surface area contributed by atoms with Crippen LogP contribution in [0, 0.1) is 13.8 Å². The summed E-state index contributed by atoms with van der Waals surface area (Å²) in [7, 11) is 0. The highest BCUT2D eigenvalue weighted by molar-refractivity contribution is 5.88. The van der Waals surface area contributed by atoms with Crippen molar-refractivity contribution in [3.8, 4) is 5.75 Å². The van der Waals surface area contributed by atoms with Crippen molar-refractivity contribution in [2.75, 3.05) is 6.61 Å². The number of amides is 2. The minimum absolute atomic E-state index is 0.0371. The van der Waals surface area contributed by atoms with E-state index in [2.05, 4.69) is 5.32 Å². The lowest BCUT2D eigenvalue weighted by Gasteiger charge is -2.32. The standard InChI is InChI=1S/C29H34N2O3/c1-21(2)30-29(33)26(18-24-13-6-5-7-14-24)31(19-25-15-10-11-22(3)17-25)28(32)20-34-27-16-9-8-12-23(27)4/h5-17,21,26H,18-20H2,1-4H3,(H,30,33)/t26-/m1/s1. The van der Waals surface area contributed by atoms with E-state index in [-0.39, 0.29) is 24.5 Å². The van der Waals surface area contributed by atoms with Crippen LogP contribution in [0.25, 0.3) is 0 Å². The summed E-state index contributed by atoms with van der Waals surface area (Å²) in [6.45, 7) is 7.98. The maximum absolute atomic E-state index is 13.6. The highest BCUT2D eigenvalue weighted by Gasteiger charge is 2.31. The molecular formula is C29H34N2O3. The smallest absolute Gasteiger partial charge is 0.261 e. The van der Waals surface area contributed by atoms with Crippen molar-refractivity contribution in [3.05, 3.63) is 101 Å². The maximum Gasteiger partial charge on any atom is 0.261 e. The third-order valence-electron chi connectivity index (χ3n) is 5.58. The second-order valence-electron chi connectivity index (χ2n) is 8.93. The lowest BCUT2D eigenvalue weighted by molar-refractivity contribution is -0.143. The van der Waals surface area contributed by atoms with Gasteiger partial charge >= 0.3 is 0 Å². The van der Waals surface area contributed by atoms with Gasteiger partial charge in [0.25, 0.3) is 5.91 Å². The monoisotopic (exact) mass is 458 g/mol. The summed E-state index contributed by atoms with van der Waals surface area (Å²) in [4.78, 5) is 28.6. The Hall–Kier alpha value is -3.60. The molecular weight excluding hydrogens is 424 g/mol. The minimum Gasteiger partial charge on any atom is -0.484 e. The maximum atomic E-state index is 13.6. The van der Waals surface area contributed by atoms with E-state index in [1.165, 1.54) is 0 Å². The lowest BCUT2D eigenvalue weighted by Crippen LogP contribution is -2.52. The summed E-state index contributed by atoms with van der Waals surface area (Å²) in [6.07, 6.45) is 0.418. The summed E-state index contributed by atoms with van der Waals surface area (Å²) < 4.78 is 5.88. The summed E-state index contributed by atoms with van der Waals surface area (Å²) in [5.41, 5.74) is 4.03. The molecule has 1 N–H and O–H groups in total. The fourth-order valence-corrected chi connectivity index (χ4v) is 3.88. The summed E-state index contributed by atoms with van der Waals surface area (Å²) in [5, 5.41) is 3.00. The number of aryl methyl sites for hydroxylation is 2. The molecule has 3 aromatic carbocycles. The van der Waals surface area contributed by atoms with Crippen molar-refractivity contribution < 1.29 is 14.3 Å². The number of nitrogens with one attached hydrogen (secondary N) is 1. The van der Waals surface area contributed by atoms with Crippen LogP contribution >= 0.6 is 0 Å². The predicted octanol–water partition coefficient (Wildman–Crippen LogP) is 4.85. The summed E-state index contributed by atoms with van der Waals surface area (Å²) in [6, 6.07) is 24.7. The van der Waals surface area contributed by atoms with Gasteiger partial charge in [0.1, 0.15) is 11.8 Å². The van der Waals surface area contributed by atoms with Crippen molar-refractivity contribution in [1.82, 2.24) is 10.2 Å². The van der Waals surface area contributed by atoms with Gasteiger partial charge in [0.2, 0.25) is 5.91 Å². The second-order valence-corrected chi connectivity index (χ2v) is 8.93. The molecule has 2 amide bonds. The number of benzene rings is 3. The quantitative estimate of drug-likeness (QED) is 0.473. The van der Waals surface area contributed by atoms with Crippen LogP contribution in [0.5, 0.6) is 5.75 Å². The largest absolute Gasteiger partial charge is 0.484 e. The molecule has 0 saturated carbocycles. The molecule has 3 aromatic rings. The van der Waals surface area contributed by atoms with Gasteiger partial charge in [-0.3, -0.25) is 9.59 Å². The Kier molecular flexibility index (Phi) is 8.86. The van der Waals surface area contributed by atoms with Crippen molar-refractivity contribution >= 4 is 11.8 Å². The van der Waals surface area contributed by atoms with E-state index in [1.807, 2.05) is 107 Å². The van der Waals surface area contributed by atoms with Crippen molar-refractivity contribution in [3.63, 3.8) is 0 Å². The van der Waals surface area contributed by atoms with Crippen LogP contribution in [0.3, 0.4) is 0 Å². The molecule has 0 aliphatic heterocycles. The average molecular weight is 459 g/mol. The Morgan fingerprint density at radius 1 is 0.882 bits per heavy atom. The van der Waals surface area contributed by atoms with E-state index in [9.17, 15) is 9.59 Å². The van der Waals surface area contributed by atoms with Gasteiger partial charge < -0.3 is 15.0 Å². The molecule has 0 heterocycles. The lowest BCUT2D eigenvalue weighted by atomic mass is 10.0. The molecule has 3 rings (SSSR count). The molecule has 0 unspecified atom stereocenters. The van der Waals surface area contributed by atoms with Crippen LogP contribution in [0.15, 0.2) is 78.9 Å². The van der Waals surface area contributed by atoms with E-state index < -0.39 is 6.04 Å². The first-order chi connectivity index (χ1) is 16.3. The Morgan fingerprint density at radius 2 is 1.56 bits per heavy atom. The second kappa shape index (κ2) is 12.0. The number of hydrogen-bond acceptors (Lipinski definition) is 3. The van der Waals surface area contributed by atoms with Crippen molar-refractivity contribution in [2.45, 2.75) is 52.7 Å². The number of carbonyl (C=O) groups is 2. The van der Waals surface area contributed by atoms with Crippen LogP contribution in [0.4, 0.5) is 0 Å². The van der Waals surface area contributed by atoms with E-state index in [0.717, 1.165) is 22.3 Å². The van der Waals surface area contributed by atoms with Gasteiger partial charge in [0.05, 0.1) is 0 Å². The zero-order chi connectivity index (χ0) is 24.5. The van der Waals surface area contributed by atoms with Crippen molar-refractivity contribution in [1.29, 1.82) is 0 Å². The molecule has 0 aliphatic rings. The Balaban J connectivity index is 1.92. The topological polar surface area (TPSA) is 58.6 Å². The molecule has 5 nitrogen and oxygen atoms in total. The SMILES string of the molecule is Cc1cccc(CN(C(=O)COc2ccccc2C)[C@H](Cc2ccccc2)C(=O)NC(C)C)c1. The van der Waals surface area contributed by atoms with Crippen LogP contribution in [0.2, 0.25) is 0 Å². The zero-order valence-corrected chi connectivity index (χ0v) is 20.5. The van der Waals surface area contributed by atoms with Gasteiger partial charge in [0, 0.05) is 19.0 Å². The van der Waals surface area contributed by atoms with Gasteiger partial charge in [-0.15, -0.1) is 0 Å². The van der Waals surface area contributed by atoms with Gasteiger partial charge in [-0.1, -0.05) is 78.4 Å². The molecule has 0 fully saturated rings.